The third kappa shape index (κ3) is 4.05. The molecule has 0 saturated heterocycles. The topological polar surface area (TPSA) is 51.2 Å². The van der Waals surface area contributed by atoms with E-state index >= 15 is 0 Å². The van der Waals surface area contributed by atoms with Crippen LogP contribution in [0, 0.1) is 5.82 Å². The Labute approximate surface area is 116 Å². The Morgan fingerprint density at radius 1 is 1.25 bits per heavy atom. The van der Waals surface area contributed by atoms with E-state index in [0.717, 1.165) is 5.56 Å². The van der Waals surface area contributed by atoms with Gasteiger partial charge in [-0.25, -0.2) is 4.39 Å². The SMILES string of the molecule is CC(Oc1ccc(F)cc1)C(=O)NCc1ccncc1. The molecule has 1 amide bonds. The lowest BCUT2D eigenvalue weighted by molar-refractivity contribution is -0.127. The quantitative estimate of drug-likeness (QED) is 0.910. The second-order valence-corrected chi connectivity index (χ2v) is 4.29. The summed E-state index contributed by atoms with van der Waals surface area (Å²) in [5, 5.41) is 2.76. The molecule has 0 bridgehead atoms. The highest BCUT2D eigenvalue weighted by Gasteiger charge is 2.14. The molecule has 1 aromatic carbocycles. The van der Waals surface area contributed by atoms with Gasteiger partial charge in [0, 0.05) is 18.9 Å². The predicted molar refractivity (Wildman–Crippen MR) is 72.6 cm³/mol. The zero-order chi connectivity index (χ0) is 14.4. The summed E-state index contributed by atoms with van der Waals surface area (Å²) in [4.78, 5) is 15.8. The molecule has 104 valence electrons. The van der Waals surface area contributed by atoms with E-state index in [0.29, 0.717) is 12.3 Å². The molecule has 1 unspecified atom stereocenters. The molecule has 0 aliphatic rings. The molecule has 5 heteroatoms. The van der Waals surface area contributed by atoms with Gasteiger partial charge in [-0.15, -0.1) is 0 Å². The third-order valence-corrected chi connectivity index (χ3v) is 2.71. The molecule has 20 heavy (non-hydrogen) atoms. The Hall–Kier alpha value is -2.43. The second kappa shape index (κ2) is 6.65. The molecule has 0 aliphatic carbocycles. The number of amides is 1. The lowest BCUT2D eigenvalue weighted by atomic mass is 10.2. The van der Waals surface area contributed by atoms with Gasteiger partial charge < -0.3 is 10.1 Å². The summed E-state index contributed by atoms with van der Waals surface area (Å²) in [6, 6.07) is 9.20. The van der Waals surface area contributed by atoms with Crippen molar-refractivity contribution < 1.29 is 13.9 Å². The maximum absolute atomic E-state index is 12.8. The highest BCUT2D eigenvalue weighted by molar-refractivity contribution is 5.80. The summed E-state index contributed by atoms with van der Waals surface area (Å²) in [5.74, 6) is -0.115. The van der Waals surface area contributed by atoms with Crippen LogP contribution in [0.4, 0.5) is 4.39 Å². The van der Waals surface area contributed by atoms with Crippen LogP contribution in [0.1, 0.15) is 12.5 Å². The van der Waals surface area contributed by atoms with E-state index in [9.17, 15) is 9.18 Å². The number of rotatable bonds is 5. The van der Waals surface area contributed by atoms with Crippen molar-refractivity contribution >= 4 is 5.91 Å². The van der Waals surface area contributed by atoms with Gasteiger partial charge in [0.1, 0.15) is 11.6 Å². The van der Waals surface area contributed by atoms with Gasteiger partial charge in [0.25, 0.3) is 5.91 Å². The Morgan fingerprint density at radius 2 is 1.90 bits per heavy atom. The number of carbonyl (C=O) groups is 1. The highest BCUT2D eigenvalue weighted by Crippen LogP contribution is 2.13. The zero-order valence-electron chi connectivity index (χ0n) is 11.0. The monoisotopic (exact) mass is 274 g/mol. The van der Waals surface area contributed by atoms with E-state index in [2.05, 4.69) is 10.3 Å². The first-order valence-electron chi connectivity index (χ1n) is 6.24. The second-order valence-electron chi connectivity index (χ2n) is 4.29. The average Bonchev–Trinajstić information content (AvgIpc) is 2.48. The van der Waals surface area contributed by atoms with Crippen molar-refractivity contribution in [3.05, 3.63) is 60.2 Å². The fourth-order valence-corrected chi connectivity index (χ4v) is 1.60. The standard InChI is InChI=1S/C15H15FN2O2/c1-11(20-14-4-2-13(16)3-5-14)15(19)18-10-12-6-8-17-9-7-12/h2-9,11H,10H2,1H3,(H,18,19). The van der Waals surface area contributed by atoms with Crippen molar-refractivity contribution in [2.45, 2.75) is 19.6 Å². The summed E-state index contributed by atoms with van der Waals surface area (Å²) in [6.07, 6.45) is 2.68. The first-order chi connectivity index (χ1) is 9.65. The summed E-state index contributed by atoms with van der Waals surface area (Å²) in [6.45, 7) is 2.06. The Kier molecular flexibility index (Phi) is 4.65. The molecule has 1 N–H and O–H groups in total. The molecule has 0 spiro atoms. The molecule has 2 rings (SSSR count). The molecule has 1 aromatic heterocycles. The molecule has 4 nitrogen and oxygen atoms in total. The molecule has 0 radical (unpaired) electrons. The van der Waals surface area contributed by atoms with Crippen molar-refractivity contribution in [1.29, 1.82) is 0 Å². The Bertz CT molecular complexity index is 558. The van der Waals surface area contributed by atoms with Crippen LogP contribution in [0.2, 0.25) is 0 Å². The third-order valence-electron chi connectivity index (χ3n) is 2.71. The number of halogens is 1. The number of aromatic nitrogens is 1. The molecule has 1 atom stereocenters. The van der Waals surface area contributed by atoms with E-state index in [1.54, 1.807) is 19.3 Å². The fourth-order valence-electron chi connectivity index (χ4n) is 1.60. The number of hydrogen-bond acceptors (Lipinski definition) is 3. The van der Waals surface area contributed by atoms with Crippen LogP contribution >= 0.6 is 0 Å². The number of nitrogens with one attached hydrogen (secondary N) is 1. The summed E-state index contributed by atoms with van der Waals surface area (Å²) in [7, 11) is 0. The number of ether oxygens (including phenoxy) is 1. The Balaban J connectivity index is 1.84. The molecular weight excluding hydrogens is 259 g/mol. The van der Waals surface area contributed by atoms with E-state index in [1.807, 2.05) is 12.1 Å². The minimum absolute atomic E-state index is 0.230. The minimum atomic E-state index is -0.651. The van der Waals surface area contributed by atoms with Gasteiger partial charge in [-0.2, -0.15) is 0 Å². The van der Waals surface area contributed by atoms with Crippen molar-refractivity contribution in [3.8, 4) is 5.75 Å². The zero-order valence-corrected chi connectivity index (χ0v) is 11.0. The molecule has 0 saturated carbocycles. The van der Waals surface area contributed by atoms with E-state index < -0.39 is 6.10 Å². The normalized spacial score (nSPS) is 11.7. The summed E-state index contributed by atoms with van der Waals surface area (Å²) >= 11 is 0. The fraction of sp³-hybridized carbons (Fsp3) is 0.200. The lowest BCUT2D eigenvalue weighted by Crippen LogP contribution is -2.35. The minimum Gasteiger partial charge on any atom is -0.481 e. The van der Waals surface area contributed by atoms with Crippen LogP contribution in [0.3, 0.4) is 0 Å². The average molecular weight is 274 g/mol. The molecule has 2 aromatic rings. The summed E-state index contributed by atoms with van der Waals surface area (Å²) < 4.78 is 18.2. The van der Waals surface area contributed by atoms with Gasteiger partial charge in [-0.05, 0) is 48.9 Å². The van der Waals surface area contributed by atoms with Crippen molar-refractivity contribution in [1.82, 2.24) is 10.3 Å². The Morgan fingerprint density at radius 3 is 2.55 bits per heavy atom. The molecule has 0 aliphatic heterocycles. The first-order valence-corrected chi connectivity index (χ1v) is 6.24. The van der Waals surface area contributed by atoms with E-state index in [1.165, 1.54) is 24.3 Å². The largest absolute Gasteiger partial charge is 0.481 e. The number of hydrogen-bond donors (Lipinski definition) is 1. The maximum atomic E-state index is 12.8. The van der Waals surface area contributed by atoms with E-state index in [-0.39, 0.29) is 11.7 Å². The van der Waals surface area contributed by atoms with Crippen LogP contribution in [0.5, 0.6) is 5.75 Å². The van der Waals surface area contributed by atoms with E-state index in [4.69, 9.17) is 4.74 Å². The van der Waals surface area contributed by atoms with Crippen LogP contribution in [-0.2, 0) is 11.3 Å². The van der Waals surface area contributed by atoms with Crippen molar-refractivity contribution in [2.24, 2.45) is 0 Å². The smallest absolute Gasteiger partial charge is 0.261 e. The number of benzene rings is 1. The van der Waals surface area contributed by atoms with Gasteiger partial charge in [-0.1, -0.05) is 0 Å². The first kappa shape index (κ1) is 14.0. The van der Waals surface area contributed by atoms with Crippen molar-refractivity contribution in [2.75, 3.05) is 0 Å². The number of nitrogens with zero attached hydrogens (tertiary/aromatic N) is 1. The molecular formula is C15H15FN2O2. The van der Waals surface area contributed by atoms with Crippen LogP contribution in [0.25, 0.3) is 0 Å². The highest BCUT2D eigenvalue weighted by atomic mass is 19.1. The van der Waals surface area contributed by atoms with Crippen LogP contribution in [-0.4, -0.2) is 17.0 Å². The lowest BCUT2D eigenvalue weighted by Gasteiger charge is -2.14. The predicted octanol–water partition coefficient (Wildman–Crippen LogP) is 2.30. The van der Waals surface area contributed by atoms with Gasteiger partial charge >= 0.3 is 0 Å². The van der Waals surface area contributed by atoms with Crippen molar-refractivity contribution in [3.63, 3.8) is 0 Å². The molecule has 1 heterocycles. The van der Waals surface area contributed by atoms with Gasteiger partial charge in [0.15, 0.2) is 6.10 Å². The summed E-state index contributed by atoms with van der Waals surface area (Å²) in [5.41, 5.74) is 0.960. The maximum Gasteiger partial charge on any atom is 0.261 e. The number of carbonyl (C=O) groups excluding carboxylic acids is 1. The number of pyridine rings is 1. The van der Waals surface area contributed by atoms with Gasteiger partial charge in [-0.3, -0.25) is 9.78 Å². The van der Waals surface area contributed by atoms with Crippen LogP contribution in [0.15, 0.2) is 48.8 Å². The van der Waals surface area contributed by atoms with Crippen LogP contribution < -0.4 is 10.1 Å². The molecule has 0 fully saturated rings. The van der Waals surface area contributed by atoms with Gasteiger partial charge in [0.2, 0.25) is 0 Å². The van der Waals surface area contributed by atoms with Gasteiger partial charge in [0.05, 0.1) is 0 Å².